The summed E-state index contributed by atoms with van der Waals surface area (Å²) in [5.41, 5.74) is 1.70. The molecule has 7 nitrogen and oxygen atoms in total. The zero-order valence-electron chi connectivity index (χ0n) is 12.4. The van der Waals surface area contributed by atoms with Gasteiger partial charge in [0.15, 0.2) is 11.5 Å². The van der Waals surface area contributed by atoms with Gasteiger partial charge < -0.3 is 9.47 Å². The van der Waals surface area contributed by atoms with Crippen molar-refractivity contribution in [1.29, 1.82) is 0 Å². The molecule has 0 radical (unpaired) electrons. The summed E-state index contributed by atoms with van der Waals surface area (Å²) in [5.74, 6) is 2.14. The molecule has 0 unspecified atom stereocenters. The van der Waals surface area contributed by atoms with Gasteiger partial charge in [-0.15, -0.1) is 10.2 Å². The van der Waals surface area contributed by atoms with Crippen molar-refractivity contribution in [3.05, 3.63) is 42.6 Å². The molecule has 5 rings (SSSR count). The van der Waals surface area contributed by atoms with E-state index in [1.54, 1.807) is 10.7 Å². The Morgan fingerprint density at radius 3 is 2.79 bits per heavy atom. The van der Waals surface area contributed by atoms with Crippen LogP contribution in [0.2, 0.25) is 0 Å². The summed E-state index contributed by atoms with van der Waals surface area (Å²) >= 11 is 1.47. The van der Waals surface area contributed by atoms with Gasteiger partial charge >= 0.3 is 0 Å². The Bertz CT molecular complexity index is 1030. The van der Waals surface area contributed by atoms with E-state index in [0.29, 0.717) is 19.0 Å². The van der Waals surface area contributed by atoms with Gasteiger partial charge in [-0.3, -0.25) is 4.98 Å². The molecule has 4 aromatic rings. The molecule has 3 aromatic heterocycles. The maximum atomic E-state index is 5.64. The molecule has 4 heterocycles. The smallest absolute Gasteiger partial charge is 0.235 e. The standard InChI is InChI=1S/C16H11N5O2S/c1-2-6-17-11(3-1)14-18-19-16-21(14)20-15(24-16)10-4-5-12-13(9-10)23-8-7-22-12/h1-6,9H,7-8H2. The first-order valence-corrected chi connectivity index (χ1v) is 8.24. The average molecular weight is 337 g/mol. The Labute approximate surface area is 140 Å². The lowest BCUT2D eigenvalue weighted by Crippen LogP contribution is -2.15. The maximum absolute atomic E-state index is 5.64. The largest absolute Gasteiger partial charge is 0.486 e. The molecule has 0 aliphatic carbocycles. The fourth-order valence-corrected chi connectivity index (χ4v) is 3.40. The lowest BCUT2D eigenvalue weighted by atomic mass is 10.2. The van der Waals surface area contributed by atoms with E-state index in [4.69, 9.17) is 9.47 Å². The quantitative estimate of drug-likeness (QED) is 0.560. The van der Waals surface area contributed by atoms with E-state index in [0.717, 1.165) is 32.7 Å². The van der Waals surface area contributed by atoms with Gasteiger partial charge in [0.05, 0.1) is 0 Å². The normalized spacial score (nSPS) is 13.3. The second-order valence-electron chi connectivity index (χ2n) is 5.20. The highest BCUT2D eigenvalue weighted by Crippen LogP contribution is 2.36. The maximum Gasteiger partial charge on any atom is 0.235 e. The minimum Gasteiger partial charge on any atom is -0.486 e. The molecule has 118 valence electrons. The highest BCUT2D eigenvalue weighted by molar-refractivity contribution is 7.19. The number of nitrogens with zero attached hydrogens (tertiary/aromatic N) is 5. The van der Waals surface area contributed by atoms with Crippen LogP contribution in [0.25, 0.3) is 27.1 Å². The van der Waals surface area contributed by atoms with E-state index in [2.05, 4.69) is 20.3 Å². The van der Waals surface area contributed by atoms with Crippen LogP contribution in [-0.2, 0) is 0 Å². The van der Waals surface area contributed by atoms with Crippen LogP contribution in [0.1, 0.15) is 0 Å². The number of aromatic nitrogens is 5. The predicted octanol–water partition coefficient (Wildman–Crippen LogP) is 2.69. The summed E-state index contributed by atoms with van der Waals surface area (Å²) in [6, 6.07) is 11.5. The van der Waals surface area contributed by atoms with Crippen molar-refractivity contribution in [3.8, 4) is 33.6 Å². The highest BCUT2D eigenvalue weighted by atomic mass is 32.1. The molecule has 8 heteroatoms. The molecule has 1 aromatic carbocycles. The van der Waals surface area contributed by atoms with E-state index < -0.39 is 0 Å². The van der Waals surface area contributed by atoms with Gasteiger partial charge in [0.25, 0.3) is 0 Å². The number of hydrogen-bond donors (Lipinski definition) is 0. The summed E-state index contributed by atoms with van der Waals surface area (Å²) in [5, 5.41) is 13.9. The number of rotatable bonds is 2. The molecule has 0 spiro atoms. The molecule has 0 saturated carbocycles. The molecule has 0 amide bonds. The second kappa shape index (κ2) is 5.27. The first-order valence-electron chi connectivity index (χ1n) is 7.42. The zero-order chi connectivity index (χ0) is 15.9. The fourth-order valence-electron chi connectivity index (χ4n) is 2.56. The summed E-state index contributed by atoms with van der Waals surface area (Å²) in [6.45, 7) is 1.14. The minimum atomic E-state index is 0.561. The lowest BCUT2D eigenvalue weighted by molar-refractivity contribution is 0.171. The van der Waals surface area contributed by atoms with Crippen molar-refractivity contribution < 1.29 is 9.47 Å². The number of hydrogen-bond acceptors (Lipinski definition) is 7. The molecule has 1 aliphatic rings. The van der Waals surface area contributed by atoms with E-state index in [1.165, 1.54) is 11.3 Å². The van der Waals surface area contributed by atoms with Crippen LogP contribution >= 0.6 is 11.3 Å². The summed E-state index contributed by atoms with van der Waals surface area (Å²) in [6.07, 6.45) is 1.73. The van der Waals surface area contributed by atoms with Gasteiger partial charge in [-0.25, -0.2) is 0 Å². The Morgan fingerprint density at radius 2 is 1.92 bits per heavy atom. The van der Waals surface area contributed by atoms with E-state index in [-0.39, 0.29) is 0 Å². The van der Waals surface area contributed by atoms with Crippen LogP contribution in [0.15, 0.2) is 42.6 Å². The molecular weight excluding hydrogens is 326 g/mol. The van der Waals surface area contributed by atoms with Gasteiger partial charge in [0.2, 0.25) is 10.8 Å². The van der Waals surface area contributed by atoms with Crippen LogP contribution in [0.3, 0.4) is 0 Å². The van der Waals surface area contributed by atoms with Crippen LogP contribution in [-0.4, -0.2) is 38.0 Å². The number of pyridine rings is 1. The van der Waals surface area contributed by atoms with Gasteiger partial charge in [0.1, 0.15) is 23.9 Å². The molecule has 1 aliphatic heterocycles. The van der Waals surface area contributed by atoms with E-state index in [9.17, 15) is 0 Å². The zero-order valence-corrected chi connectivity index (χ0v) is 13.2. The number of fused-ring (bicyclic) bond motifs is 2. The van der Waals surface area contributed by atoms with E-state index in [1.807, 2.05) is 36.4 Å². The molecule has 0 atom stereocenters. The van der Waals surface area contributed by atoms with Crippen molar-refractivity contribution in [3.63, 3.8) is 0 Å². The molecule has 0 fully saturated rings. The SMILES string of the molecule is c1ccc(-c2nnc3sc(-c4ccc5c(c4)OCCO5)nn23)nc1. The third-order valence-corrected chi connectivity index (χ3v) is 4.62. The lowest BCUT2D eigenvalue weighted by Gasteiger charge is -2.18. The van der Waals surface area contributed by atoms with Crippen molar-refractivity contribution in [2.45, 2.75) is 0 Å². The molecule has 0 bridgehead atoms. The van der Waals surface area contributed by atoms with Gasteiger partial charge in [0, 0.05) is 11.8 Å². The fraction of sp³-hybridized carbons (Fsp3) is 0.125. The number of ether oxygens (including phenoxy) is 2. The van der Waals surface area contributed by atoms with Gasteiger partial charge in [-0.1, -0.05) is 17.4 Å². The second-order valence-corrected chi connectivity index (χ2v) is 6.15. The molecule has 0 N–H and O–H groups in total. The minimum absolute atomic E-state index is 0.561. The van der Waals surface area contributed by atoms with Crippen molar-refractivity contribution in [1.82, 2.24) is 24.8 Å². The van der Waals surface area contributed by atoms with Crippen LogP contribution in [0, 0.1) is 0 Å². The van der Waals surface area contributed by atoms with E-state index >= 15 is 0 Å². The summed E-state index contributed by atoms with van der Waals surface area (Å²) in [7, 11) is 0. The van der Waals surface area contributed by atoms with Crippen LogP contribution < -0.4 is 9.47 Å². The van der Waals surface area contributed by atoms with Crippen molar-refractivity contribution >= 4 is 16.3 Å². The first-order chi connectivity index (χ1) is 11.9. The third kappa shape index (κ3) is 2.11. The van der Waals surface area contributed by atoms with Gasteiger partial charge in [-0.2, -0.15) is 9.61 Å². The van der Waals surface area contributed by atoms with Crippen LogP contribution in [0.4, 0.5) is 0 Å². The Morgan fingerprint density at radius 1 is 1.00 bits per heavy atom. The summed E-state index contributed by atoms with van der Waals surface area (Å²) < 4.78 is 12.9. The molecule has 24 heavy (non-hydrogen) atoms. The first kappa shape index (κ1) is 13.4. The Hall–Kier alpha value is -3.00. The Balaban J connectivity index is 1.60. The van der Waals surface area contributed by atoms with Gasteiger partial charge in [-0.05, 0) is 30.3 Å². The third-order valence-electron chi connectivity index (χ3n) is 3.67. The van der Waals surface area contributed by atoms with Crippen molar-refractivity contribution in [2.75, 3.05) is 13.2 Å². The summed E-state index contributed by atoms with van der Waals surface area (Å²) in [4.78, 5) is 5.04. The highest BCUT2D eigenvalue weighted by Gasteiger charge is 2.17. The topological polar surface area (TPSA) is 74.4 Å². The molecule has 0 saturated heterocycles. The Kier molecular flexibility index (Phi) is 2.95. The number of benzene rings is 1. The van der Waals surface area contributed by atoms with Crippen LogP contribution in [0.5, 0.6) is 11.5 Å². The predicted molar refractivity (Wildman–Crippen MR) is 88.3 cm³/mol. The van der Waals surface area contributed by atoms with Crippen molar-refractivity contribution in [2.24, 2.45) is 0 Å². The average Bonchev–Trinajstić information content (AvgIpc) is 3.23. The monoisotopic (exact) mass is 337 g/mol. The molecular formula is C16H11N5O2S.